The minimum Gasteiger partial charge on any atom is -0.493 e. The van der Waals surface area contributed by atoms with Gasteiger partial charge in [0.1, 0.15) is 0 Å². The van der Waals surface area contributed by atoms with Crippen molar-refractivity contribution < 1.29 is 19.1 Å². The highest BCUT2D eigenvalue weighted by molar-refractivity contribution is 5.92. The number of rotatable bonds is 9. The molecule has 2 aromatic rings. The first-order chi connectivity index (χ1) is 14.0. The number of para-hydroxylation sites is 1. The number of methoxy groups -OCH3 is 1. The van der Waals surface area contributed by atoms with E-state index < -0.39 is 0 Å². The van der Waals surface area contributed by atoms with E-state index in [0.29, 0.717) is 30.3 Å². The summed E-state index contributed by atoms with van der Waals surface area (Å²) in [5, 5.41) is 2.86. The Kier molecular flexibility index (Phi) is 8.27. The summed E-state index contributed by atoms with van der Waals surface area (Å²) in [6.45, 7) is 6.28. The van der Waals surface area contributed by atoms with E-state index in [0.717, 1.165) is 11.1 Å². The maximum atomic E-state index is 12.4. The maximum absolute atomic E-state index is 12.4. The van der Waals surface area contributed by atoms with E-state index in [1.54, 1.807) is 18.1 Å². The number of hydrogen-bond donors (Lipinski definition) is 1. The highest BCUT2D eigenvalue weighted by Crippen LogP contribution is 2.28. The molecule has 0 radical (unpaired) electrons. The largest absolute Gasteiger partial charge is 0.493 e. The zero-order valence-electron chi connectivity index (χ0n) is 17.4. The summed E-state index contributed by atoms with van der Waals surface area (Å²) in [5.41, 5.74) is 2.52. The van der Waals surface area contributed by atoms with Gasteiger partial charge in [-0.05, 0) is 43.2 Å². The Morgan fingerprint density at radius 3 is 2.55 bits per heavy atom. The van der Waals surface area contributed by atoms with Crippen molar-refractivity contribution in [2.45, 2.75) is 27.3 Å². The van der Waals surface area contributed by atoms with Crippen LogP contribution < -0.4 is 14.8 Å². The Balaban J connectivity index is 2.04. The summed E-state index contributed by atoms with van der Waals surface area (Å²) in [7, 11) is 1.56. The van der Waals surface area contributed by atoms with Crippen molar-refractivity contribution in [3.05, 3.63) is 59.7 Å². The zero-order chi connectivity index (χ0) is 21.2. The lowest BCUT2D eigenvalue weighted by molar-refractivity contribution is -0.129. The lowest BCUT2D eigenvalue weighted by atomic mass is 10.1. The molecule has 0 aliphatic heterocycles. The van der Waals surface area contributed by atoms with Crippen molar-refractivity contribution in [2.24, 2.45) is 0 Å². The molecule has 154 valence electrons. The van der Waals surface area contributed by atoms with Crippen LogP contribution in [0.3, 0.4) is 0 Å². The molecule has 0 aliphatic carbocycles. The SMILES string of the molecule is C/C=C/c1ccc(OCC(=O)Nc2ccccc2CN(CC)C(C)=O)c(OC)c1. The van der Waals surface area contributed by atoms with Crippen LogP contribution in [0, 0.1) is 0 Å². The number of amides is 2. The van der Waals surface area contributed by atoms with Gasteiger partial charge in [0.2, 0.25) is 5.91 Å². The zero-order valence-corrected chi connectivity index (χ0v) is 17.4. The first-order valence-electron chi connectivity index (χ1n) is 9.55. The summed E-state index contributed by atoms with van der Waals surface area (Å²) >= 11 is 0. The molecule has 2 aromatic carbocycles. The molecule has 29 heavy (non-hydrogen) atoms. The Labute approximate surface area is 172 Å². The molecule has 6 heteroatoms. The van der Waals surface area contributed by atoms with E-state index in [2.05, 4.69) is 5.32 Å². The Bertz CT molecular complexity index is 877. The molecule has 0 saturated heterocycles. The molecule has 0 fully saturated rings. The van der Waals surface area contributed by atoms with Gasteiger partial charge in [-0.2, -0.15) is 0 Å². The van der Waals surface area contributed by atoms with E-state index in [1.807, 2.05) is 62.4 Å². The molecule has 2 rings (SSSR count). The summed E-state index contributed by atoms with van der Waals surface area (Å²) in [4.78, 5) is 25.8. The van der Waals surface area contributed by atoms with Gasteiger partial charge < -0.3 is 19.7 Å². The monoisotopic (exact) mass is 396 g/mol. The Morgan fingerprint density at radius 2 is 1.90 bits per heavy atom. The lowest BCUT2D eigenvalue weighted by Crippen LogP contribution is -2.28. The quantitative estimate of drug-likeness (QED) is 0.692. The second-order valence-electron chi connectivity index (χ2n) is 6.44. The molecule has 1 N–H and O–H groups in total. The van der Waals surface area contributed by atoms with E-state index in [9.17, 15) is 9.59 Å². The second-order valence-corrected chi connectivity index (χ2v) is 6.44. The molecule has 2 amide bonds. The van der Waals surface area contributed by atoms with E-state index >= 15 is 0 Å². The fourth-order valence-corrected chi connectivity index (χ4v) is 2.86. The molecular formula is C23H28N2O4. The number of nitrogens with zero attached hydrogens (tertiary/aromatic N) is 1. The molecule has 0 aromatic heterocycles. The number of carbonyl (C=O) groups excluding carboxylic acids is 2. The van der Waals surface area contributed by atoms with Crippen LogP contribution in [0.1, 0.15) is 31.9 Å². The van der Waals surface area contributed by atoms with Crippen molar-refractivity contribution in [2.75, 3.05) is 25.6 Å². The third-order valence-corrected chi connectivity index (χ3v) is 4.39. The van der Waals surface area contributed by atoms with E-state index in [4.69, 9.17) is 9.47 Å². The summed E-state index contributed by atoms with van der Waals surface area (Å²) in [6, 6.07) is 13.0. The van der Waals surface area contributed by atoms with Gasteiger partial charge in [0.05, 0.1) is 7.11 Å². The Hall–Kier alpha value is -3.28. The first kappa shape index (κ1) is 22.0. The fourth-order valence-electron chi connectivity index (χ4n) is 2.86. The van der Waals surface area contributed by atoms with Crippen LogP contribution in [0.2, 0.25) is 0 Å². The number of nitrogens with one attached hydrogen (secondary N) is 1. The molecule has 0 bridgehead atoms. The van der Waals surface area contributed by atoms with Crippen LogP contribution in [0.25, 0.3) is 6.08 Å². The molecule has 0 atom stereocenters. The van der Waals surface area contributed by atoms with Gasteiger partial charge in [-0.1, -0.05) is 36.4 Å². The smallest absolute Gasteiger partial charge is 0.262 e. The van der Waals surface area contributed by atoms with Crippen LogP contribution in [0.5, 0.6) is 11.5 Å². The van der Waals surface area contributed by atoms with Crippen molar-refractivity contribution in [1.29, 1.82) is 0 Å². The van der Waals surface area contributed by atoms with Gasteiger partial charge in [-0.25, -0.2) is 0 Å². The number of carbonyl (C=O) groups is 2. The molecular weight excluding hydrogens is 368 g/mol. The van der Waals surface area contributed by atoms with Crippen LogP contribution in [-0.2, 0) is 16.1 Å². The number of ether oxygens (including phenoxy) is 2. The predicted octanol–water partition coefficient (Wildman–Crippen LogP) is 4.11. The lowest BCUT2D eigenvalue weighted by Gasteiger charge is -2.21. The molecule has 0 aliphatic rings. The fraction of sp³-hybridized carbons (Fsp3) is 0.304. The number of hydrogen-bond acceptors (Lipinski definition) is 4. The predicted molar refractivity (Wildman–Crippen MR) is 115 cm³/mol. The van der Waals surface area contributed by atoms with Gasteiger partial charge in [-0.15, -0.1) is 0 Å². The first-order valence-corrected chi connectivity index (χ1v) is 9.55. The molecule has 6 nitrogen and oxygen atoms in total. The van der Waals surface area contributed by atoms with Crippen molar-refractivity contribution in [1.82, 2.24) is 4.90 Å². The van der Waals surface area contributed by atoms with E-state index in [1.165, 1.54) is 6.92 Å². The summed E-state index contributed by atoms with van der Waals surface area (Å²) in [6.07, 6.45) is 3.89. The molecule has 0 unspecified atom stereocenters. The van der Waals surface area contributed by atoms with Crippen LogP contribution in [0.4, 0.5) is 5.69 Å². The van der Waals surface area contributed by atoms with Crippen molar-refractivity contribution in [3.8, 4) is 11.5 Å². The van der Waals surface area contributed by atoms with Crippen molar-refractivity contribution in [3.63, 3.8) is 0 Å². The van der Waals surface area contributed by atoms with Gasteiger partial charge in [-0.3, -0.25) is 9.59 Å². The normalized spacial score (nSPS) is 10.6. The molecule has 0 heterocycles. The molecule has 0 saturated carbocycles. The molecule has 0 spiro atoms. The topological polar surface area (TPSA) is 67.9 Å². The number of benzene rings is 2. The summed E-state index contributed by atoms with van der Waals surface area (Å²) in [5.74, 6) is 0.764. The van der Waals surface area contributed by atoms with E-state index in [-0.39, 0.29) is 18.4 Å². The highest BCUT2D eigenvalue weighted by Gasteiger charge is 2.13. The van der Waals surface area contributed by atoms with Gasteiger partial charge in [0, 0.05) is 25.7 Å². The average Bonchev–Trinajstić information content (AvgIpc) is 2.72. The van der Waals surface area contributed by atoms with Crippen LogP contribution in [-0.4, -0.2) is 37.0 Å². The Morgan fingerprint density at radius 1 is 1.14 bits per heavy atom. The minimum absolute atomic E-state index is 0.00887. The van der Waals surface area contributed by atoms with Crippen LogP contribution in [0.15, 0.2) is 48.5 Å². The highest BCUT2D eigenvalue weighted by atomic mass is 16.5. The summed E-state index contributed by atoms with van der Waals surface area (Å²) < 4.78 is 11.0. The van der Waals surface area contributed by atoms with Gasteiger partial charge in [0.25, 0.3) is 5.91 Å². The van der Waals surface area contributed by atoms with Crippen molar-refractivity contribution >= 4 is 23.6 Å². The van der Waals surface area contributed by atoms with Crippen LogP contribution >= 0.6 is 0 Å². The minimum atomic E-state index is -0.289. The maximum Gasteiger partial charge on any atom is 0.262 e. The second kappa shape index (κ2) is 10.9. The third-order valence-electron chi connectivity index (χ3n) is 4.39. The van der Waals surface area contributed by atoms with Gasteiger partial charge >= 0.3 is 0 Å². The number of anilines is 1. The standard InChI is InChI=1S/C23H28N2O4/c1-5-9-18-12-13-21(22(14-18)28-4)29-16-23(27)24-20-11-8-7-10-19(20)15-25(6-2)17(3)26/h5,7-14H,6,15-16H2,1-4H3,(H,24,27)/b9-5+. The number of allylic oxidation sites excluding steroid dienone is 1. The third kappa shape index (κ3) is 6.38. The van der Waals surface area contributed by atoms with Gasteiger partial charge in [0.15, 0.2) is 18.1 Å². The average molecular weight is 396 g/mol.